The summed E-state index contributed by atoms with van der Waals surface area (Å²) in [5.74, 6) is 0. The number of allylic oxidation sites excluding steroid dienone is 5. The fourth-order valence-corrected chi connectivity index (χ4v) is 5.81. The van der Waals surface area contributed by atoms with Crippen molar-refractivity contribution in [2.24, 2.45) is 0 Å². The predicted octanol–water partition coefficient (Wildman–Crippen LogP) is 11.5. The molecule has 0 unspecified atom stereocenters. The minimum atomic E-state index is 0.949. The predicted molar refractivity (Wildman–Crippen MR) is 186 cm³/mol. The van der Waals surface area contributed by atoms with E-state index in [2.05, 4.69) is 159 Å². The first-order valence-corrected chi connectivity index (χ1v) is 14.7. The van der Waals surface area contributed by atoms with Crippen molar-refractivity contribution in [2.75, 3.05) is 0 Å². The first-order valence-electron chi connectivity index (χ1n) is 14.7. The highest BCUT2D eigenvalue weighted by atomic mass is 14.7. The average molecular weight is 550 g/mol. The number of hydrogen-bond donors (Lipinski definition) is 0. The van der Waals surface area contributed by atoms with Gasteiger partial charge in [-0.05, 0) is 97.9 Å². The van der Waals surface area contributed by atoms with Gasteiger partial charge in [-0.25, -0.2) is 4.98 Å². The van der Waals surface area contributed by atoms with Crippen LogP contribution >= 0.6 is 0 Å². The Balaban J connectivity index is 1.40. The van der Waals surface area contributed by atoms with Crippen LogP contribution in [0.15, 0.2) is 164 Å². The zero-order chi connectivity index (χ0) is 29.2. The van der Waals surface area contributed by atoms with Gasteiger partial charge in [-0.3, -0.25) is 0 Å². The molecule has 0 radical (unpaired) electrons. The van der Waals surface area contributed by atoms with Crippen molar-refractivity contribution >= 4 is 43.5 Å². The van der Waals surface area contributed by atoms with E-state index in [4.69, 9.17) is 4.98 Å². The van der Waals surface area contributed by atoms with Gasteiger partial charge in [0.1, 0.15) is 0 Å². The Hall–Kier alpha value is -5.53. The summed E-state index contributed by atoms with van der Waals surface area (Å²) in [6, 6.07) is 49.3. The number of hydrogen-bond acceptors (Lipinski definition) is 1. The maximum Gasteiger partial charge on any atom is 0.0715 e. The zero-order valence-corrected chi connectivity index (χ0v) is 24.2. The van der Waals surface area contributed by atoms with Crippen LogP contribution in [0.3, 0.4) is 0 Å². The molecule has 0 bridgehead atoms. The van der Waals surface area contributed by atoms with Gasteiger partial charge in [0.05, 0.1) is 11.4 Å². The quantitative estimate of drug-likeness (QED) is 0.114. The fraction of sp³-hybridized carbons (Fsp3) is 0.0238. The number of fused-ring (bicyclic) bond motifs is 4. The number of rotatable bonds is 6. The Morgan fingerprint density at radius 1 is 0.558 bits per heavy atom. The van der Waals surface area contributed by atoms with Gasteiger partial charge in [0.15, 0.2) is 0 Å². The van der Waals surface area contributed by atoms with E-state index < -0.39 is 0 Å². The van der Waals surface area contributed by atoms with Gasteiger partial charge in [-0.15, -0.1) is 0 Å². The standard InChI is InChI=1S/C42H31N/c1-29(31-15-5-3-6-16-31)13-11-14-30(2)36-27-39-37(24-23-35-25-33-19-9-10-20-34(33)26-38(35)39)40(28-36)42-22-12-21-41(43-42)32-17-7-4-8-18-32/h3-28H,2H2,1H3/b14-11-,29-13+. The van der Waals surface area contributed by atoms with Gasteiger partial charge in [-0.2, -0.15) is 0 Å². The molecule has 0 aliphatic carbocycles. The van der Waals surface area contributed by atoms with Gasteiger partial charge >= 0.3 is 0 Å². The largest absolute Gasteiger partial charge is 0.248 e. The van der Waals surface area contributed by atoms with Crippen molar-refractivity contribution in [3.63, 3.8) is 0 Å². The van der Waals surface area contributed by atoms with Crippen molar-refractivity contribution in [1.82, 2.24) is 4.98 Å². The minimum absolute atomic E-state index is 0.949. The Labute approximate surface area is 252 Å². The normalized spacial score (nSPS) is 12.0. The van der Waals surface area contributed by atoms with E-state index in [9.17, 15) is 0 Å². The van der Waals surface area contributed by atoms with E-state index in [0.29, 0.717) is 0 Å². The summed E-state index contributed by atoms with van der Waals surface area (Å²) in [5, 5.41) is 7.32. The van der Waals surface area contributed by atoms with Crippen LogP contribution in [-0.4, -0.2) is 4.98 Å². The second-order valence-electron chi connectivity index (χ2n) is 11.0. The lowest BCUT2D eigenvalue weighted by Gasteiger charge is -2.14. The average Bonchev–Trinajstić information content (AvgIpc) is 3.07. The van der Waals surface area contributed by atoms with Gasteiger partial charge in [-0.1, -0.05) is 128 Å². The van der Waals surface area contributed by atoms with Crippen molar-refractivity contribution in [2.45, 2.75) is 6.92 Å². The molecule has 0 N–H and O–H groups in total. The lowest BCUT2D eigenvalue weighted by molar-refractivity contribution is 1.33. The van der Waals surface area contributed by atoms with E-state index in [1.807, 2.05) is 12.1 Å². The summed E-state index contributed by atoms with van der Waals surface area (Å²) < 4.78 is 0. The molecule has 1 heterocycles. The summed E-state index contributed by atoms with van der Waals surface area (Å²) >= 11 is 0. The molecular formula is C42H31N. The van der Waals surface area contributed by atoms with Crippen molar-refractivity contribution in [3.8, 4) is 22.5 Å². The summed E-state index contributed by atoms with van der Waals surface area (Å²) in [6.45, 7) is 6.63. The number of nitrogens with zero attached hydrogens (tertiary/aromatic N) is 1. The first kappa shape index (κ1) is 26.4. The molecule has 0 spiro atoms. The van der Waals surface area contributed by atoms with Crippen molar-refractivity contribution in [1.29, 1.82) is 0 Å². The molecule has 0 saturated carbocycles. The maximum absolute atomic E-state index is 5.16. The monoisotopic (exact) mass is 549 g/mol. The summed E-state index contributed by atoms with van der Waals surface area (Å²) in [5.41, 5.74) is 8.58. The molecule has 1 aromatic heterocycles. The van der Waals surface area contributed by atoms with Gasteiger partial charge < -0.3 is 0 Å². The highest BCUT2D eigenvalue weighted by molar-refractivity contribution is 6.16. The lowest BCUT2D eigenvalue weighted by atomic mass is 9.91. The third kappa shape index (κ3) is 5.29. The van der Waals surface area contributed by atoms with Crippen LogP contribution in [0.4, 0.5) is 0 Å². The molecule has 1 heteroatoms. The molecule has 0 saturated heterocycles. The van der Waals surface area contributed by atoms with Crippen LogP contribution in [-0.2, 0) is 0 Å². The van der Waals surface area contributed by atoms with Crippen LogP contribution in [0.5, 0.6) is 0 Å². The minimum Gasteiger partial charge on any atom is -0.248 e. The van der Waals surface area contributed by atoms with E-state index in [1.165, 1.54) is 43.5 Å². The molecule has 7 aromatic rings. The molecule has 1 nitrogen and oxygen atoms in total. The second kappa shape index (κ2) is 11.4. The third-order valence-electron chi connectivity index (χ3n) is 8.16. The zero-order valence-electron chi connectivity index (χ0n) is 24.2. The lowest BCUT2D eigenvalue weighted by Crippen LogP contribution is -1.92. The highest BCUT2D eigenvalue weighted by Crippen LogP contribution is 2.37. The SMILES string of the molecule is C=C(/C=C\C=C(/C)c1ccccc1)c1cc(-c2cccc(-c3ccccc3)n2)c2ccc3cc4ccccc4cc3c2c1. The van der Waals surface area contributed by atoms with Gasteiger partial charge in [0.25, 0.3) is 0 Å². The molecule has 6 aromatic carbocycles. The van der Waals surface area contributed by atoms with E-state index in [1.54, 1.807) is 0 Å². The van der Waals surface area contributed by atoms with E-state index in [0.717, 1.165) is 33.7 Å². The smallest absolute Gasteiger partial charge is 0.0715 e. The molecule has 0 amide bonds. The summed E-state index contributed by atoms with van der Waals surface area (Å²) in [4.78, 5) is 5.16. The Bertz CT molecular complexity index is 2180. The summed E-state index contributed by atoms with van der Waals surface area (Å²) in [6.07, 6.45) is 6.35. The van der Waals surface area contributed by atoms with E-state index in [-0.39, 0.29) is 0 Å². The summed E-state index contributed by atoms with van der Waals surface area (Å²) in [7, 11) is 0. The molecule has 0 aliphatic heterocycles. The third-order valence-corrected chi connectivity index (χ3v) is 8.16. The fourth-order valence-electron chi connectivity index (χ4n) is 5.81. The highest BCUT2D eigenvalue weighted by Gasteiger charge is 2.13. The molecule has 0 atom stereocenters. The van der Waals surface area contributed by atoms with Crippen LogP contribution in [0, 0.1) is 0 Å². The molecule has 0 aliphatic rings. The number of pyridine rings is 1. The van der Waals surface area contributed by atoms with Gasteiger partial charge in [0, 0.05) is 11.1 Å². The molecule has 204 valence electrons. The molecular weight excluding hydrogens is 518 g/mol. The maximum atomic E-state index is 5.16. The van der Waals surface area contributed by atoms with E-state index >= 15 is 0 Å². The second-order valence-corrected chi connectivity index (χ2v) is 11.0. The number of aromatic nitrogens is 1. The first-order chi connectivity index (χ1) is 21.1. The molecule has 7 rings (SSSR count). The van der Waals surface area contributed by atoms with Crippen molar-refractivity contribution < 1.29 is 0 Å². The number of benzene rings is 6. The van der Waals surface area contributed by atoms with Gasteiger partial charge in [0.2, 0.25) is 0 Å². The Morgan fingerprint density at radius 2 is 1.26 bits per heavy atom. The van der Waals surface area contributed by atoms with Crippen LogP contribution in [0.1, 0.15) is 18.1 Å². The van der Waals surface area contributed by atoms with Crippen LogP contribution in [0.2, 0.25) is 0 Å². The molecule has 0 fully saturated rings. The Kier molecular flexibility index (Phi) is 6.99. The Morgan fingerprint density at radius 3 is 2.05 bits per heavy atom. The van der Waals surface area contributed by atoms with Crippen molar-refractivity contribution in [3.05, 3.63) is 175 Å². The van der Waals surface area contributed by atoms with Crippen LogP contribution in [0.25, 0.3) is 66.0 Å². The topological polar surface area (TPSA) is 12.9 Å². The molecule has 43 heavy (non-hydrogen) atoms. The van der Waals surface area contributed by atoms with Crippen LogP contribution < -0.4 is 0 Å².